The first-order chi connectivity index (χ1) is 8.10. The maximum absolute atomic E-state index is 12.3. The minimum Gasteiger partial charge on any atom is -0.315 e. The van der Waals surface area contributed by atoms with Gasteiger partial charge in [0, 0.05) is 24.1 Å². The van der Waals surface area contributed by atoms with Crippen LogP contribution in [0.3, 0.4) is 0 Å². The summed E-state index contributed by atoms with van der Waals surface area (Å²) >= 11 is 3.30. The Morgan fingerprint density at radius 1 is 1.11 bits per heavy atom. The zero-order valence-electron chi connectivity index (χ0n) is 9.80. The summed E-state index contributed by atoms with van der Waals surface area (Å²) < 4.78 is 27.1. The molecule has 0 aromatic heterocycles. The van der Waals surface area contributed by atoms with Crippen molar-refractivity contribution < 1.29 is 8.42 Å². The first-order valence-corrected chi connectivity index (χ1v) is 7.80. The van der Waals surface area contributed by atoms with Crippen LogP contribution in [0.1, 0.15) is 6.42 Å². The second-order valence-electron chi connectivity index (χ2n) is 3.96. The summed E-state index contributed by atoms with van der Waals surface area (Å²) in [6.45, 7) is 2.73. The lowest BCUT2D eigenvalue weighted by Crippen LogP contribution is -2.34. The van der Waals surface area contributed by atoms with E-state index >= 15 is 0 Å². The molecule has 0 spiro atoms. The second kappa shape index (κ2) is 6.86. The summed E-state index contributed by atoms with van der Waals surface area (Å²) in [7, 11) is -3.33. The van der Waals surface area contributed by atoms with Gasteiger partial charge >= 0.3 is 0 Å². The predicted octanol–water partition coefficient (Wildman–Crippen LogP) is 1.85. The fourth-order valence-electron chi connectivity index (χ4n) is 1.82. The monoisotopic (exact) mass is 354 g/mol. The van der Waals surface area contributed by atoms with Crippen LogP contribution in [0.5, 0.6) is 0 Å². The van der Waals surface area contributed by atoms with E-state index in [1.54, 1.807) is 28.6 Å². The fourth-order valence-corrected chi connectivity index (χ4v) is 3.56. The van der Waals surface area contributed by atoms with Gasteiger partial charge in [-0.1, -0.05) is 15.9 Å². The maximum atomic E-state index is 12.3. The number of rotatable bonds is 2. The van der Waals surface area contributed by atoms with Gasteiger partial charge in [0.15, 0.2) is 0 Å². The molecule has 1 saturated heterocycles. The summed E-state index contributed by atoms with van der Waals surface area (Å²) in [5, 5.41) is 3.20. The molecule has 1 aromatic carbocycles. The van der Waals surface area contributed by atoms with E-state index in [1.165, 1.54) is 0 Å². The Balaban J connectivity index is 0.00000162. The van der Waals surface area contributed by atoms with Crippen LogP contribution in [-0.4, -0.2) is 38.9 Å². The summed E-state index contributed by atoms with van der Waals surface area (Å²) in [4.78, 5) is 0.364. The first-order valence-electron chi connectivity index (χ1n) is 5.57. The van der Waals surface area contributed by atoms with Crippen molar-refractivity contribution >= 4 is 38.4 Å². The molecule has 0 aliphatic carbocycles. The lowest BCUT2D eigenvalue weighted by Gasteiger charge is -2.19. The number of sulfonamides is 1. The van der Waals surface area contributed by atoms with Crippen molar-refractivity contribution in [3.8, 4) is 0 Å². The first kappa shape index (κ1) is 15.9. The second-order valence-corrected chi connectivity index (χ2v) is 6.82. The molecule has 0 amide bonds. The number of nitrogens with one attached hydrogen (secondary N) is 1. The number of benzene rings is 1. The van der Waals surface area contributed by atoms with Crippen LogP contribution in [0.2, 0.25) is 0 Å². The quantitative estimate of drug-likeness (QED) is 0.881. The highest BCUT2D eigenvalue weighted by Crippen LogP contribution is 2.19. The van der Waals surface area contributed by atoms with Crippen molar-refractivity contribution in [3.05, 3.63) is 28.7 Å². The molecule has 18 heavy (non-hydrogen) atoms. The normalized spacial score (nSPS) is 17.8. The van der Waals surface area contributed by atoms with Gasteiger partial charge in [-0.05, 0) is 37.2 Å². The van der Waals surface area contributed by atoms with E-state index in [4.69, 9.17) is 0 Å². The topological polar surface area (TPSA) is 49.4 Å². The molecule has 0 unspecified atom stereocenters. The Labute approximate surface area is 122 Å². The fraction of sp³-hybridized carbons (Fsp3) is 0.455. The van der Waals surface area contributed by atoms with E-state index in [1.807, 2.05) is 0 Å². The van der Waals surface area contributed by atoms with E-state index in [0.717, 1.165) is 24.0 Å². The van der Waals surface area contributed by atoms with Crippen molar-refractivity contribution in [2.45, 2.75) is 11.3 Å². The lowest BCUT2D eigenvalue weighted by atomic mass is 10.4. The number of hydrogen-bond donors (Lipinski definition) is 1. The van der Waals surface area contributed by atoms with Gasteiger partial charge in [0.25, 0.3) is 0 Å². The summed E-state index contributed by atoms with van der Waals surface area (Å²) in [5.74, 6) is 0. The van der Waals surface area contributed by atoms with E-state index in [0.29, 0.717) is 18.0 Å². The van der Waals surface area contributed by atoms with Gasteiger partial charge in [0.1, 0.15) is 0 Å². The van der Waals surface area contributed by atoms with Gasteiger partial charge in [-0.2, -0.15) is 4.31 Å². The summed E-state index contributed by atoms with van der Waals surface area (Å²) in [6, 6.07) is 6.78. The average molecular weight is 356 g/mol. The van der Waals surface area contributed by atoms with Crippen molar-refractivity contribution in [1.82, 2.24) is 9.62 Å². The Kier molecular flexibility index (Phi) is 6.07. The Morgan fingerprint density at radius 3 is 2.44 bits per heavy atom. The lowest BCUT2D eigenvalue weighted by molar-refractivity contribution is 0.432. The van der Waals surface area contributed by atoms with Crippen LogP contribution >= 0.6 is 28.3 Å². The molecular formula is C11H16BrClN2O2S. The molecule has 0 atom stereocenters. The minimum atomic E-state index is -3.33. The Bertz CT molecular complexity index is 470. The van der Waals surface area contributed by atoms with Gasteiger partial charge < -0.3 is 5.32 Å². The third-order valence-corrected chi connectivity index (χ3v) is 5.19. The average Bonchev–Trinajstić information content (AvgIpc) is 2.58. The van der Waals surface area contributed by atoms with E-state index < -0.39 is 10.0 Å². The molecule has 1 aliphatic heterocycles. The van der Waals surface area contributed by atoms with Gasteiger partial charge in [-0.25, -0.2) is 8.42 Å². The SMILES string of the molecule is Cl.O=S(=O)(c1ccc(Br)cc1)N1CCCNCC1. The van der Waals surface area contributed by atoms with Crippen molar-refractivity contribution in [3.63, 3.8) is 0 Å². The molecule has 1 fully saturated rings. The number of nitrogens with zero attached hydrogens (tertiary/aromatic N) is 1. The smallest absolute Gasteiger partial charge is 0.243 e. The standard InChI is InChI=1S/C11H15BrN2O2S.ClH/c12-10-2-4-11(5-3-10)17(15,16)14-8-1-6-13-7-9-14;/h2-5,13H,1,6-9H2;1H. The van der Waals surface area contributed by atoms with Gasteiger partial charge in [0.05, 0.1) is 4.90 Å². The molecule has 1 aliphatic rings. The molecule has 2 rings (SSSR count). The van der Waals surface area contributed by atoms with E-state index in [-0.39, 0.29) is 12.4 Å². The molecule has 1 N–H and O–H groups in total. The summed E-state index contributed by atoms with van der Waals surface area (Å²) in [5.41, 5.74) is 0. The molecular weight excluding hydrogens is 340 g/mol. The zero-order chi connectivity index (χ0) is 12.3. The van der Waals surface area contributed by atoms with Crippen LogP contribution in [-0.2, 0) is 10.0 Å². The van der Waals surface area contributed by atoms with Crippen LogP contribution in [0.15, 0.2) is 33.6 Å². The molecule has 102 valence electrons. The van der Waals surface area contributed by atoms with Crippen molar-refractivity contribution in [2.75, 3.05) is 26.2 Å². The van der Waals surface area contributed by atoms with E-state index in [2.05, 4.69) is 21.2 Å². The molecule has 0 saturated carbocycles. The highest BCUT2D eigenvalue weighted by atomic mass is 79.9. The zero-order valence-corrected chi connectivity index (χ0v) is 13.0. The molecule has 7 heteroatoms. The highest BCUT2D eigenvalue weighted by Gasteiger charge is 2.24. The van der Waals surface area contributed by atoms with Crippen molar-refractivity contribution in [2.24, 2.45) is 0 Å². The largest absolute Gasteiger partial charge is 0.315 e. The molecule has 0 bridgehead atoms. The molecule has 1 aromatic rings. The predicted molar refractivity (Wildman–Crippen MR) is 77.6 cm³/mol. The Morgan fingerprint density at radius 2 is 1.78 bits per heavy atom. The van der Waals surface area contributed by atoms with E-state index in [9.17, 15) is 8.42 Å². The highest BCUT2D eigenvalue weighted by molar-refractivity contribution is 9.10. The number of halogens is 2. The summed E-state index contributed by atoms with van der Waals surface area (Å²) in [6.07, 6.45) is 0.857. The van der Waals surface area contributed by atoms with Crippen LogP contribution in [0.25, 0.3) is 0 Å². The van der Waals surface area contributed by atoms with Crippen LogP contribution in [0.4, 0.5) is 0 Å². The third-order valence-electron chi connectivity index (χ3n) is 2.75. The number of hydrogen-bond acceptors (Lipinski definition) is 3. The van der Waals surface area contributed by atoms with Crippen LogP contribution < -0.4 is 5.32 Å². The maximum Gasteiger partial charge on any atom is 0.243 e. The van der Waals surface area contributed by atoms with Crippen molar-refractivity contribution in [1.29, 1.82) is 0 Å². The third kappa shape index (κ3) is 3.68. The molecule has 4 nitrogen and oxygen atoms in total. The van der Waals surface area contributed by atoms with Crippen LogP contribution in [0, 0.1) is 0 Å². The van der Waals surface area contributed by atoms with Gasteiger partial charge in [-0.15, -0.1) is 12.4 Å². The van der Waals surface area contributed by atoms with Gasteiger partial charge in [0.2, 0.25) is 10.0 Å². The van der Waals surface area contributed by atoms with Gasteiger partial charge in [-0.3, -0.25) is 0 Å². The minimum absolute atomic E-state index is 0. The molecule has 0 radical (unpaired) electrons. The Hall–Kier alpha value is -0.140. The molecule has 1 heterocycles.